The number of ether oxygens (including phenoxy) is 1. The van der Waals surface area contributed by atoms with Crippen molar-refractivity contribution in [2.24, 2.45) is 5.92 Å². The van der Waals surface area contributed by atoms with Gasteiger partial charge in [-0.05, 0) is 54.5 Å². The summed E-state index contributed by atoms with van der Waals surface area (Å²) in [6.45, 7) is 9.27. The molecule has 0 spiro atoms. The number of nitrogens with one attached hydrogen (secondary N) is 1. The lowest BCUT2D eigenvalue weighted by atomic mass is 9.87. The molecule has 2 aromatic carbocycles. The summed E-state index contributed by atoms with van der Waals surface area (Å²) >= 11 is 0. The molecule has 1 N–H and O–H groups in total. The summed E-state index contributed by atoms with van der Waals surface area (Å²) in [5, 5.41) is 2.87. The van der Waals surface area contributed by atoms with Crippen molar-refractivity contribution in [3.05, 3.63) is 65.2 Å². The second-order valence-corrected chi connectivity index (χ2v) is 8.66. The molecular formula is C26H34N2O3. The van der Waals surface area contributed by atoms with E-state index < -0.39 is 6.10 Å². The van der Waals surface area contributed by atoms with E-state index in [-0.39, 0.29) is 17.9 Å². The molecule has 0 aliphatic carbocycles. The normalized spacial score (nSPS) is 16.5. The second kappa shape index (κ2) is 10.5. The number of carbonyl (C=O) groups is 2. The van der Waals surface area contributed by atoms with Crippen LogP contribution in [0.5, 0.6) is 5.75 Å². The molecule has 3 rings (SSSR count). The molecule has 2 aromatic rings. The van der Waals surface area contributed by atoms with Gasteiger partial charge in [-0.15, -0.1) is 0 Å². The van der Waals surface area contributed by atoms with E-state index in [4.69, 9.17) is 4.74 Å². The van der Waals surface area contributed by atoms with Crippen LogP contribution in [-0.2, 0) is 16.0 Å². The highest BCUT2D eigenvalue weighted by molar-refractivity contribution is 5.80. The van der Waals surface area contributed by atoms with Crippen molar-refractivity contribution in [2.75, 3.05) is 13.1 Å². The number of nitrogens with zero attached hydrogens (tertiary/aromatic N) is 1. The molecule has 0 aromatic heterocycles. The minimum absolute atomic E-state index is 0.118. The number of fused-ring (bicyclic) bond motifs is 1. The summed E-state index contributed by atoms with van der Waals surface area (Å²) < 4.78 is 5.97. The number of hydrogen-bond donors (Lipinski definition) is 1. The topological polar surface area (TPSA) is 58.6 Å². The molecule has 0 unspecified atom stereocenters. The number of carbonyl (C=O) groups excluding carboxylic acids is 2. The zero-order valence-electron chi connectivity index (χ0n) is 19.1. The van der Waals surface area contributed by atoms with Gasteiger partial charge in [-0.25, -0.2) is 0 Å². The molecule has 0 saturated heterocycles. The summed E-state index contributed by atoms with van der Waals surface area (Å²) in [6, 6.07) is 16.0. The minimum atomic E-state index is -0.581. The molecule has 1 aliphatic heterocycles. The maximum Gasteiger partial charge on any atom is 0.260 e. The van der Waals surface area contributed by atoms with E-state index in [1.165, 1.54) is 5.56 Å². The number of amides is 2. The Morgan fingerprint density at radius 2 is 1.87 bits per heavy atom. The molecule has 5 heteroatoms. The van der Waals surface area contributed by atoms with E-state index in [1.54, 1.807) is 6.92 Å². The third kappa shape index (κ3) is 5.66. The number of hydrogen-bond acceptors (Lipinski definition) is 3. The lowest BCUT2D eigenvalue weighted by Crippen LogP contribution is -2.41. The lowest BCUT2D eigenvalue weighted by molar-refractivity contribution is -0.134. The van der Waals surface area contributed by atoms with Crippen LogP contribution >= 0.6 is 0 Å². The summed E-state index contributed by atoms with van der Waals surface area (Å²) in [6.07, 6.45) is 1.65. The van der Waals surface area contributed by atoms with Crippen LogP contribution in [0.15, 0.2) is 48.5 Å². The van der Waals surface area contributed by atoms with E-state index in [1.807, 2.05) is 42.2 Å². The van der Waals surface area contributed by atoms with E-state index in [0.717, 1.165) is 24.0 Å². The van der Waals surface area contributed by atoms with Crippen LogP contribution in [0.4, 0.5) is 0 Å². The van der Waals surface area contributed by atoms with Crippen molar-refractivity contribution in [1.29, 1.82) is 0 Å². The first-order valence-electron chi connectivity index (χ1n) is 11.3. The highest BCUT2D eigenvalue weighted by Gasteiger charge is 2.32. The SMILES string of the molecule is CCCNC(=O)[C@@H](C)Oc1ccc2c(c1)[C@H](c1ccccc1)N(C(=O)CC(C)C)CC2. The quantitative estimate of drug-likeness (QED) is 0.681. The standard InChI is InChI=1S/C26H34N2O3/c1-5-14-27-26(30)19(4)31-22-12-11-20-13-15-28(24(29)16-18(2)3)25(23(20)17-22)21-9-7-6-8-10-21/h6-12,17-19,25H,5,13-16H2,1-4H3,(H,27,30)/t19-,25+/m1/s1. The Kier molecular flexibility index (Phi) is 7.72. The van der Waals surface area contributed by atoms with Gasteiger partial charge in [0.15, 0.2) is 6.10 Å². The molecule has 31 heavy (non-hydrogen) atoms. The average Bonchev–Trinajstić information content (AvgIpc) is 2.76. The van der Waals surface area contributed by atoms with Crippen LogP contribution in [0, 0.1) is 5.92 Å². The van der Waals surface area contributed by atoms with Crippen LogP contribution in [0.3, 0.4) is 0 Å². The van der Waals surface area contributed by atoms with Crippen molar-refractivity contribution in [2.45, 2.75) is 59.1 Å². The molecule has 1 aliphatic rings. The molecule has 0 radical (unpaired) electrons. The zero-order chi connectivity index (χ0) is 22.4. The summed E-state index contributed by atoms with van der Waals surface area (Å²) in [7, 11) is 0. The third-order valence-electron chi connectivity index (χ3n) is 5.60. The van der Waals surface area contributed by atoms with Crippen LogP contribution in [0.25, 0.3) is 0 Å². The fraction of sp³-hybridized carbons (Fsp3) is 0.462. The molecule has 5 nitrogen and oxygen atoms in total. The highest BCUT2D eigenvalue weighted by atomic mass is 16.5. The van der Waals surface area contributed by atoms with Crippen molar-refractivity contribution in [3.8, 4) is 5.75 Å². The Morgan fingerprint density at radius 1 is 1.13 bits per heavy atom. The van der Waals surface area contributed by atoms with Crippen molar-refractivity contribution < 1.29 is 14.3 Å². The molecule has 0 bridgehead atoms. The molecule has 166 valence electrons. The van der Waals surface area contributed by atoms with E-state index in [2.05, 4.69) is 37.4 Å². The molecule has 0 saturated carbocycles. The van der Waals surface area contributed by atoms with Gasteiger partial charge in [0, 0.05) is 19.5 Å². The van der Waals surface area contributed by atoms with Crippen LogP contribution in [-0.4, -0.2) is 35.9 Å². The van der Waals surface area contributed by atoms with Gasteiger partial charge >= 0.3 is 0 Å². The highest BCUT2D eigenvalue weighted by Crippen LogP contribution is 2.37. The summed E-state index contributed by atoms with van der Waals surface area (Å²) in [5.41, 5.74) is 3.39. The van der Waals surface area contributed by atoms with E-state index >= 15 is 0 Å². The zero-order valence-corrected chi connectivity index (χ0v) is 19.1. The molecule has 1 heterocycles. The first-order chi connectivity index (χ1) is 14.9. The van der Waals surface area contributed by atoms with Crippen LogP contribution < -0.4 is 10.1 Å². The Labute approximate surface area is 185 Å². The van der Waals surface area contributed by atoms with Gasteiger partial charge in [-0.2, -0.15) is 0 Å². The summed E-state index contributed by atoms with van der Waals surface area (Å²) in [5.74, 6) is 1.01. The van der Waals surface area contributed by atoms with Gasteiger partial charge in [0.2, 0.25) is 5.91 Å². The Hall–Kier alpha value is -2.82. The lowest BCUT2D eigenvalue weighted by Gasteiger charge is -2.38. The summed E-state index contributed by atoms with van der Waals surface area (Å²) in [4.78, 5) is 27.3. The van der Waals surface area contributed by atoms with Crippen molar-refractivity contribution in [3.63, 3.8) is 0 Å². The van der Waals surface area contributed by atoms with E-state index in [9.17, 15) is 9.59 Å². The molecule has 2 amide bonds. The van der Waals surface area contributed by atoms with Gasteiger partial charge in [-0.3, -0.25) is 9.59 Å². The predicted octanol–water partition coefficient (Wildman–Crippen LogP) is 4.50. The Bertz CT molecular complexity index is 895. The van der Waals surface area contributed by atoms with E-state index in [0.29, 0.717) is 31.2 Å². The largest absolute Gasteiger partial charge is 0.481 e. The fourth-order valence-electron chi connectivity index (χ4n) is 4.05. The Morgan fingerprint density at radius 3 is 2.55 bits per heavy atom. The first kappa shape index (κ1) is 22.9. The van der Waals surface area contributed by atoms with Crippen LogP contribution in [0.2, 0.25) is 0 Å². The molecule has 0 fully saturated rings. The predicted molar refractivity (Wildman–Crippen MR) is 123 cm³/mol. The first-order valence-corrected chi connectivity index (χ1v) is 11.3. The monoisotopic (exact) mass is 422 g/mol. The van der Waals surface area contributed by atoms with Gasteiger partial charge in [0.1, 0.15) is 5.75 Å². The smallest absolute Gasteiger partial charge is 0.260 e. The third-order valence-corrected chi connectivity index (χ3v) is 5.60. The van der Waals surface area contributed by atoms with Crippen molar-refractivity contribution >= 4 is 11.8 Å². The average molecular weight is 423 g/mol. The van der Waals surface area contributed by atoms with Gasteiger partial charge < -0.3 is 15.0 Å². The minimum Gasteiger partial charge on any atom is -0.481 e. The maximum absolute atomic E-state index is 13.1. The Balaban J connectivity index is 1.92. The van der Waals surface area contributed by atoms with Crippen molar-refractivity contribution in [1.82, 2.24) is 10.2 Å². The van der Waals surface area contributed by atoms with Crippen LogP contribution in [0.1, 0.15) is 63.3 Å². The molecule has 2 atom stereocenters. The van der Waals surface area contributed by atoms with Gasteiger partial charge in [0.05, 0.1) is 6.04 Å². The molecular weight excluding hydrogens is 388 g/mol. The van der Waals surface area contributed by atoms with Gasteiger partial charge in [0.25, 0.3) is 5.91 Å². The fourth-order valence-corrected chi connectivity index (χ4v) is 4.05. The number of rotatable bonds is 8. The van der Waals surface area contributed by atoms with Gasteiger partial charge in [-0.1, -0.05) is 57.2 Å². The maximum atomic E-state index is 13.1. The second-order valence-electron chi connectivity index (χ2n) is 8.66. The number of benzene rings is 2.